The molecule has 1 aromatic heterocycles. The van der Waals surface area contributed by atoms with Crippen LogP contribution in [0, 0.1) is 40.6 Å². The predicted molar refractivity (Wildman–Crippen MR) is 106 cm³/mol. The minimum Gasteiger partial charge on any atom is -0.313 e. The molecule has 1 saturated carbocycles. The van der Waals surface area contributed by atoms with Crippen LogP contribution in [0.5, 0.6) is 0 Å². The van der Waals surface area contributed by atoms with E-state index in [9.17, 15) is 22.8 Å². The number of fused-ring (bicyclic) bond motifs is 1. The summed E-state index contributed by atoms with van der Waals surface area (Å²) in [7, 11) is 0. The van der Waals surface area contributed by atoms with Crippen LogP contribution >= 0.6 is 0 Å². The molecular formula is C21H19F3N6O2. The van der Waals surface area contributed by atoms with Gasteiger partial charge in [0.15, 0.2) is 17.5 Å². The fourth-order valence-corrected chi connectivity index (χ4v) is 4.46. The summed E-state index contributed by atoms with van der Waals surface area (Å²) in [6.45, 7) is 0.819. The van der Waals surface area contributed by atoms with Gasteiger partial charge in [0, 0.05) is 30.8 Å². The Labute approximate surface area is 181 Å². The summed E-state index contributed by atoms with van der Waals surface area (Å²) in [6, 6.07) is 2.82. The van der Waals surface area contributed by atoms with Crippen LogP contribution in [0.25, 0.3) is 0 Å². The molecule has 2 aliphatic heterocycles. The molecule has 0 spiro atoms. The highest BCUT2D eigenvalue weighted by Gasteiger charge is 2.43. The van der Waals surface area contributed by atoms with Crippen molar-refractivity contribution in [1.82, 2.24) is 14.7 Å². The Bertz CT molecular complexity index is 1130. The van der Waals surface area contributed by atoms with Crippen molar-refractivity contribution >= 4 is 23.3 Å². The van der Waals surface area contributed by atoms with Gasteiger partial charge in [0.2, 0.25) is 5.91 Å². The Balaban J connectivity index is 1.42. The Morgan fingerprint density at radius 3 is 2.53 bits per heavy atom. The van der Waals surface area contributed by atoms with Crippen LogP contribution in [0.3, 0.4) is 0 Å². The topological polar surface area (TPSA) is 94.3 Å². The number of urea groups is 1. The molecule has 2 atom stereocenters. The van der Waals surface area contributed by atoms with Crippen LogP contribution in [-0.2, 0) is 17.9 Å². The van der Waals surface area contributed by atoms with Crippen molar-refractivity contribution in [3.05, 3.63) is 41.5 Å². The second-order valence-corrected chi connectivity index (χ2v) is 8.41. The summed E-state index contributed by atoms with van der Waals surface area (Å²) in [6.07, 6.45) is 3.61. The molecule has 1 aliphatic carbocycles. The van der Waals surface area contributed by atoms with Gasteiger partial charge >= 0.3 is 6.03 Å². The molecule has 2 fully saturated rings. The van der Waals surface area contributed by atoms with E-state index in [0.717, 1.165) is 25.0 Å². The Kier molecular flexibility index (Phi) is 4.80. The fraction of sp³-hybridized carbons (Fsp3) is 0.429. The van der Waals surface area contributed by atoms with E-state index in [-0.39, 0.29) is 43.1 Å². The molecular weight excluding hydrogens is 425 g/mol. The third-order valence-corrected chi connectivity index (χ3v) is 6.27. The molecule has 2 aromatic rings. The van der Waals surface area contributed by atoms with Gasteiger partial charge in [-0.15, -0.1) is 0 Å². The molecule has 5 rings (SSSR count). The van der Waals surface area contributed by atoms with Gasteiger partial charge < -0.3 is 15.1 Å². The number of nitrogens with one attached hydrogen (secondary N) is 1. The summed E-state index contributed by atoms with van der Waals surface area (Å²) in [4.78, 5) is 28.6. The first-order chi connectivity index (χ1) is 15.4. The summed E-state index contributed by atoms with van der Waals surface area (Å²) in [5.74, 6) is -4.68. The number of amides is 3. The molecule has 32 heavy (non-hydrogen) atoms. The molecule has 11 heteroatoms. The first kappa shape index (κ1) is 20.4. The smallest absolute Gasteiger partial charge is 0.313 e. The lowest BCUT2D eigenvalue weighted by Gasteiger charge is -2.37. The molecule has 1 N–H and O–H groups in total. The second-order valence-electron chi connectivity index (χ2n) is 8.41. The van der Waals surface area contributed by atoms with Gasteiger partial charge in [-0.3, -0.25) is 9.48 Å². The highest BCUT2D eigenvalue weighted by Crippen LogP contribution is 2.40. The highest BCUT2D eigenvalue weighted by atomic mass is 19.2. The van der Waals surface area contributed by atoms with Crippen molar-refractivity contribution in [2.45, 2.75) is 38.4 Å². The van der Waals surface area contributed by atoms with Gasteiger partial charge in [0.25, 0.3) is 0 Å². The molecule has 8 nitrogen and oxygen atoms in total. The van der Waals surface area contributed by atoms with E-state index in [1.165, 1.54) is 4.90 Å². The number of anilines is 2. The molecule has 0 bridgehead atoms. The first-order valence-corrected chi connectivity index (χ1v) is 10.3. The van der Waals surface area contributed by atoms with Gasteiger partial charge in [0.1, 0.15) is 0 Å². The molecule has 0 radical (unpaired) electrons. The number of rotatable bonds is 3. The lowest BCUT2D eigenvalue weighted by Crippen LogP contribution is -2.49. The van der Waals surface area contributed by atoms with Crippen molar-refractivity contribution < 1.29 is 22.8 Å². The number of nitriles is 1. The number of nitrogens with zero attached hydrogens (tertiary/aromatic N) is 5. The van der Waals surface area contributed by atoms with Crippen molar-refractivity contribution in [1.29, 1.82) is 5.26 Å². The van der Waals surface area contributed by atoms with Crippen LogP contribution < -0.4 is 10.2 Å². The maximum atomic E-state index is 13.6. The Morgan fingerprint density at radius 2 is 1.91 bits per heavy atom. The SMILES string of the molecule is N#C[C@H]1CC(=O)N(c2cnn3c2CN(C(=O)Nc2cc(F)c(F)c(F)c2)[C@H](C2CC2)C3)C1. The number of carbonyl (C=O) groups is 2. The van der Waals surface area contributed by atoms with Crippen molar-refractivity contribution in [2.24, 2.45) is 11.8 Å². The van der Waals surface area contributed by atoms with Crippen molar-refractivity contribution in [3.8, 4) is 6.07 Å². The zero-order valence-electron chi connectivity index (χ0n) is 16.9. The monoisotopic (exact) mass is 444 g/mol. The average Bonchev–Trinajstić information content (AvgIpc) is 3.43. The van der Waals surface area contributed by atoms with Crippen LogP contribution in [0.15, 0.2) is 18.3 Å². The van der Waals surface area contributed by atoms with Crippen molar-refractivity contribution in [3.63, 3.8) is 0 Å². The lowest BCUT2D eigenvalue weighted by molar-refractivity contribution is -0.117. The second kappa shape index (κ2) is 7.55. The highest BCUT2D eigenvalue weighted by molar-refractivity contribution is 5.96. The zero-order chi connectivity index (χ0) is 22.6. The van der Waals surface area contributed by atoms with Crippen LogP contribution in [0.4, 0.5) is 29.3 Å². The third-order valence-electron chi connectivity index (χ3n) is 6.27. The normalized spacial score (nSPS) is 22.6. The molecule has 166 valence electrons. The molecule has 3 amide bonds. The van der Waals surface area contributed by atoms with E-state index in [2.05, 4.69) is 16.5 Å². The van der Waals surface area contributed by atoms with Gasteiger partial charge in [-0.2, -0.15) is 10.4 Å². The molecule has 1 aromatic carbocycles. The summed E-state index contributed by atoms with van der Waals surface area (Å²) < 4.78 is 42.2. The van der Waals surface area contributed by atoms with Crippen LogP contribution in [0.2, 0.25) is 0 Å². The third kappa shape index (κ3) is 3.45. The number of hydrogen-bond acceptors (Lipinski definition) is 4. The van der Waals surface area contributed by atoms with Gasteiger partial charge in [-0.25, -0.2) is 18.0 Å². The zero-order valence-corrected chi connectivity index (χ0v) is 16.9. The van der Waals surface area contributed by atoms with E-state index in [1.54, 1.807) is 15.8 Å². The van der Waals surface area contributed by atoms with E-state index in [1.807, 2.05) is 0 Å². The van der Waals surface area contributed by atoms with E-state index >= 15 is 0 Å². The average molecular weight is 444 g/mol. The molecule has 1 saturated heterocycles. The van der Waals surface area contributed by atoms with Crippen LogP contribution in [-0.4, -0.2) is 39.2 Å². The lowest BCUT2D eigenvalue weighted by atomic mass is 10.1. The van der Waals surface area contributed by atoms with E-state index in [4.69, 9.17) is 5.26 Å². The minimum absolute atomic E-state index is 0.134. The van der Waals surface area contributed by atoms with Crippen molar-refractivity contribution in [2.75, 3.05) is 16.8 Å². The quantitative estimate of drug-likeness (QED) is 0.737. The Morgan fingerprint density at radius 1 is 1.19 bits per heavy atom. The largest absolute Gasteiger partial charge is 0.322 e. The summed E-state index contributed by atoms with van der Waals surface area (Å²) in [5, 5.41) is 16.0. The predicted octanol–water partition coefficient (Wildman–Crippen LogP) is 3.00. The van der Waals surface area contributed by atoms with Gasteiger partial charge in [-0.05, 0) is 18.8 Å². The van der Waals surface area contributed by atoms with Gasteiger partial charge in [0.05, 0.1) is 48.7 Å². The maximum Gasteiger partial charge on any atom is 0.322 e. The Hall–Kier alpha value is -3.55. The number of benzene rings is 1. The number of aromatic nitrogens is 2. The standard InChI is InChI=1S/C21H19F3N6O2/c22-14-4-13(5-15(23)20(14)24)27-21(32)29-9-18-16(28-8-11(6-25)3-19(28)31)7-26-30(18)10-17(29)12-1-2-12/h4-5,7,11-12,17H,1-3,8-10H2,(H,27,32)/t11-,17+/m1/s1. The summed E-state index contributed by atoms with van der Waals surface area (Å²) >= 11 is 0. The number of halogens is 3. The summed E-state index contributed by atoms with van der Waals surface area (Å²) in [5.41, 5.74) is 1.02. The number of hydrogen-bond donors (Lipinski definition) is 1. The molecule has 3 heterocycles. The van der Waals surface area contributed by atoms with E-state index in [0.29, 0.717) is 17.9 Å². The molecule has 3 aliphatic rings. The van der Waals surface area contributed by atoms with E-state index < -0.39 is 29.4 Å². The minimum atomic E-state index is -1.60. The van der Waals surface area contributed by atoms with Gasteiger partial charge in [-0.1, -0.05) is 0 Å². The number of carbonyl (C=O) groups excluding carboxylic acids is 2. The molecule has 0 unspecified atom stereocenters. The maximum absolute atomic E-state index is 13.6. The first-order valence-electron chi connectivity index (χ1n) is 10.3. The fourth-order valence-electron chi connectivity index (χ4n) is 4.46. The van der Waals surface area contributed by atoms with Crippen LogP contribution in [0.1, 0.15) is 25.0 Å².